The van der Waals surface area contributed by atoms with Gasteiger partial charge in [-0.05, 0) is 49.3 Å². The molecule has 3 rings (SSSR count). The van der Waals surface area contributed by atoms with Gasteiger partial charge < -0.3 is 9.80 Å². The van der Waals surface area contributed by atoms with Crippen molar-refractivity contribution in [3.8, 4) is 0 Å². The predicted octanol–water partition coefficient (Wildman–Crippen LogP) is 4.22. The monoisotopic (exact) mass is 376 g/mol. The van der Waals surface area contributed by atoms with Gasteiger partial charge in [0.05, 0.1) is 22.5 Å². The molecular formula is C20H22Cl2N2O. The van der Waals surface area contributed by atoms with Crippen LogP contribution in [0.25, 0.3) is 0 Å². The summed E-state index contributed by atoms with van der Waals surface area (Å²) in [4.78, 5) is 17.0. The molecule has 25 heavy (non-hydrogen) atoms. The van der Waals surface area contributed by atoms with Gasteiger partial charge in [-0.1, -0.05) is 53.5 Å². The molecule has 2 unspecified atom stereocenters. The molecule has 3 nitrogen and oxygen atoms in total. The van der Waals surface area contributed by atoms with Crippen molar-refractivity contribution in [2.75, 3.05) is 21.1 Å². The fourth-order valence-electron chi connectivity index (χ4n) is 3.59. The molecule has 0 aliphatic heterocycles. The van der Waals surface area contributed by atoms with Crippen molar-refractivity contribution in [3.63, 3.8) is 0 Å². The van der Waals surface area contributed by atoms with Crippen LogP contribution >= 0.6 is 23.2 Å². The second-order valence-electron chi connectivity index (χ2n) is 6.81. The minimum absolute atomic E-state index is 0.0569. The first-order valence-electron chi connectivity index (χ1n) is 8.32. The van der Waals surface area contributed by atoms with Gasteiger partial charge in [-0.2, -0.15) is 0 Å². The Morgan fingerprint density at radius 2 is 1.80 bits per heavy atom. The highest BCUT2D eigenvalue weighted by Crippen LogP contribution is 2.37. The first-order chi connectivity index (χ1) is 11.9. The molecule has 0 aromatic heterocycles. The van der Waals surface area contributed by atoms with Crippen molar-refractivity contribution in [2.24, 2.45) is 0 Å². The summed E-state index contributed by atoms with van der Waals surface area (Å²) in [6.07, 6.45) is 1.27. The Morgan fingerprint density at radius 3 is 2.48 bits per heavy atom. The molecule has 0 saturated heterocycles. The molecule has 0 radical (unpaired) electrons. The fraction of sp³-hybridized carbons (Fsp3) is 0.350. The SMILES string of the molecule is CN(C)C1Cc2ccccc2C1N(C)C(=O)Cc1ccc(Cl)c(Cl)c1. The van der Waals surface area contributed by atoms with Gasteiger partial charge in [0.2, 0.25) is 5.91 Å². The quantitative estimate of drug-likeness (QED) is 0.797. The molecule has 2 aromatic rings. The number of rotatable bonds is 4. The molecule has 0 N–H and O–H groups in total. The molecular weight excluding hydrogens is 355 g/mol. The van der Waals surface area contributed by atoms with E-state index in [1.807, 2.05) is 24.1 Å². The first-order valence-corrected chi connectivity index (χ1v) is 9.08. The van der Waals surface area contributed by atoms with E-state index in [-0.39, 0.29) is 18.0 Å². The summed E-state index contributed by atoms with van der Waals surface area (Å²) in [5, 5.41) is 0.982. The van der Waals surface area contributed by atoms with Crippen LogP contribution in [0.2, 0.25) is 10.0 Å². The number of hydrogen-bond acceptors (Lipinski definition) is 2. The lowest BCUT2D eigenvalue weighted by molar-refractivity contribution is -0.132. The third kappa shape index (κ3) is 3.69. The van der Waals surface area contributed by atoms with Crippen molar-refractivity contribution in [1.82, 2.24) is 9.80 Å². The molecule has 1 aliphatic carbocycles. The minimum Gasteiger partial charge on any atom is -0.337 e. The highest BCUT2D eigenvalue weighted by molar-refractivity contribution is 6.42. The van der Waals surface area contributed by atoms with Gasteiger partial charge in [-0.3, -0.25) is 4.79 Å². The molecule has 0 heterocycles. The lowest BCUT2D eigenvalue weighted by Gasteiger charge is -2.34. The maximum absolute atomic E-state index is 12.9. The van der Waals surface area contributed by atoms with E-state index >= 15 is 0 Å². The second-order valence-corrected chi connectivity index (χ2v) is 7.62. The van der Waals surface area contributed by atoms with Crippen LogP contribution in [0.15, 0.2) is 42.5 Å². The molecule has 1 amide bonds. The third-order valence-corrected chi connectivity index (χ3v) is 5.72. The number of halogens is 2. The summed E-state index contributed by atoms with van der Waals surface area (Å²) < 4.78 is 0. The normalized spacial score (nSPS) is 19.1. The molecule has 0 spiro atoms. The number of amides is 1. The number of nitrogens with zero attached hydrogens (tertiary/aromatic N) is 2. The fourth-order valence-corrected chi connectivity index (χ4v) is 3.91. The van der Waals surface area contributed by atoms with Crippen molar-refractivity contribution in [1.29, 1.82) is 0 Å². The van der Waals surface area contributed by atoms with E-state index in [4.69, 9.17) is 23.2 Å². The van der Waals surface area contributed by atoms with Crippen LogP contribution in [0.4, 0.5) is 0 Å². The molecule has 2 atom stereocenters. The van der Waals surface area contributed by atoms with Gasteiger partial charge >= 0.3 is 0 Å². The Hall–Kier alpha value is -1.55. The predicted molar refractivity (Wildman–Crippen MR) is 103 cm³/mol. The van der Waals surface area contributed by atoms with E-state index in [2.05, 4.69) is 37.2 Å². The maximum atomic E-state index is 12.9. The standard InChI is InChI=1S/C20H22Cl2N2O/c1-23(2)18-12-14-6-4-5-7-15(14)20(18)24(3)19(25)11-13-8-9-16(21)17(22)10-13/h4-10,18,20H,11-12H2,1-3H3. The number of likely N-dealkylation sites (N-methyl/N-ethyl adjacent to an activating group) is 2. The molecule has 0 bridgehead atoms. The Balaban J connectivity index is 1.83. The van der Waals surface area contributed by atoms with Crippen LogP contribution in [-0.2, 0) is 17.6 Å². The zero-order valence-corrected chi connectivity index (χ0v) is 16.2. The molecule has 0 fully saturated rings. The average Bonchev–Trinajstić information content (AvgIpc) is 2.97. The Labute approximate surface area is 159 Å². The van der Waals surface area contributed by atoms with Crippen LogP contribution in [0.1, 0.15) is 22.7 Å². The van der Waals surface area contributed by atoms with Crippen LogP contribution in [0.3, 0.4) is 0 Å². The smallest absolute Gasteiger partial charge is 0.227 e. The van der Waals surface area contributed by atoms with Crippen LogP contribution in [-0.4, -0.2) is 42.9 Å². The van der Waals surface area contributed by atoms with Gasteiger partial charge in [0, 0.05) is 13.1 Å². The van der Waals surface area contributed by atoms with E-state index in [0.717, 1.165) is 12.0 Å². The van der Waals surface area contributed by atoms with E-state index in [1.165, 1.54) is 11.1 Å². The van der Waals surface area contributed by atoms with Crippen molar-refractivity contribution in [3.05, 3.63) is 69.2 Å². The number of hydrogen-bond donors (Lipinski definition) is 0. The third-order valence-electron chi connectivity index (χ3n) is 4.98. The van der Waals surface area contributed by atoms with E-state index in [0.29, 0.717) is 16.5 Å². The summed E-state index contributed by atoms with van der Waals surface area (Å²) in [5.41, 5.74) is 3.44. The van der Waals surface area contributed by atoms with Gasteiger partial charge in [-0.25, -0.2) is 0 Å². The molecule has 2 aromatic carbocycles. The highest BCUT2D eigenvalue weighted by Gasteiger charge is 2.37. The maximum Gasteiger partial charge on any atom is 0.227 e. The van der Waals surface area contributed by atoms with Crippen molar-refractivity contribution < 1.29 is 4.79 Å². The molecule has 1 aliphatic rings. The first kappa shape index (κ1) is 18.2. The number of fused-ring (bicyclic) bond motifs is 1. The molecule has 5 heteroatoms. The number of benzene rings is 2. The van der Waals surface area contributed by atoms with Gasteiger partial charge in [0.15, 0.2) is 0 Å². The Morgan fingerprint density at radius 1 is 1.08 bits per heavy atom. The summed E-state index contributed by atoms with van der Waals surface area (Å²) >= 11 is 12.0. The largest absolute Gasteiger partial charge is 0.337 e. The second kappa shape index (κ2) is 7.36. The number of carbonyl (C=O) groups is 1. The summed E-state index contributed by atoms with van der Waals surface area (Å²) in [6.45, 7) is 0. The average molecular weight is 377 g/mol. The van der Waals surface area contributed by atoms with E-state index in [9.17, 15) is 4.79 Å². The minimum atomic E-state index is 0.0569. The zero-order valence-electron chi connectivity index (χ0n) is 14.7. The molecule has 0 saturated carbocycles. The number of carbonyl (C=O) groups excluding carboxylic acids is 1. The van der Waals surface area contributed by atoms with Crippen LogP contribution in [0.5, 0.6) is 0 Å². The molecule has 132 valence electrons. The van der Waals surface area contributed by atoms with Gasteiger partial charge in [-0.15, -0.1) is 0 Å². The van der Waals surface area contributed by atoms with Crippen molar-refractivity contribution >= 4 is 29.1 Å². The van der Waals surface area contributed by atoms with Gasteiger partial charge in [0.25, 0.3) is 0 Å². The van der Waals surface area contributed by atoms with E-state index < -0.39 is 0 Å². The Kier molecular flexibility index (Phi) is 5.38. The van der Waals surface area contributed by atoms with E-state index in [1.54, 1.807) is 12.1 Å². The summed E-state index contributed by atoms with van der Waals surface area (Å²) in [5.74, 6) is 0.0759. The zero-order chi connectivity index (χ0) is 18.1. The lowest BCUT2D eigenvalue weighted by Crippen LogP contribution is -2.42. The summed E-state index contributed by atoms with van der Waals surface area (Å²) in [6, 6.07) is 14.1. The highest BCUT2D eigenvalue weighted by atomic mass is 35.5. The van der Waals surface area contributed by atoms with Gasteiger partial charge in [0.1, 0.15) is 0 Å². The van der Waals surface area contributed by atoms with Crippen molar-refractivity contribution in [2.45, 2.75) is 24.9 Å². The van der Waals surface area contributed by atoms with Crippen LogP contribution < -0.4 is 0 Å². The Bertz CT molecular complexity index is 791. The summed E-state index contributed by atoms with van der Waals surface area (Å²) in [7, 11) is 6.03. The lowest BCUT2D eigenvalue weighted by atomic mass is 10.0. The topological polar surface area (TPSA) is 23.6 Å². The van der Waals surface area contributed by atoms with Crippen LogP contribution in [0, 0.1) is 0 Å².